The highest BCUT2D eigenvalue weighted by molar-refractivity contribution is 5.34. The Kier molecular flexibility index (Phi) is 5.19. The van der Waals surface area contributed by atoms with E-state index in [4.69, 9.17) is 10.00 Å². The summed E-state index contributed by atoms with van der Waals surface area (Å²) in [5.74, 6) is -0.441. The first-order valence-electron chi connectivity index (χ1n) is 8.73. The number of hydrogen-bond donors (Lipinski definition) is 0. The van der Waals surface area contributed by atoms with Crippen LogP contribution in [0.3, 0.4) is 0 Å². The van der Waals surface area contributed by atoms with Crippen molar-refractivity contribution in [1.82, 2.24) is 9.80 Å². The van der Waals surface area contributed by atoms with Crippen molar-refractivity contribution < 1.29 is 9.13 Å². The summed E-state index contributed by atoms with van der Waals surface area (Å²) < 4.78 is 19.6. The van der Waals surface area contributed by atoms with Crippen LogP contribution < -0.4 is 0 Å². The monoisotopic (exact) mass is 331 g/mol. The van der Waals surface area contributed by atoms with E-state index < -0.39 is 5.82 Å². The van der Waals surface area contributed by atoms with Crippen molar-refractivity contribution in [3.63, 3.8) is 0 Å². The standard InChI is InChI=1S/C19H26FN3O/c1-22(2)17-5-10-24-19(12-17)6-8-23(9-7-19)14-15-3-4-18(20)16(11-15)13-21/h3-4,11,17H,5-10,12,14H2,1-2H3. The Morgan fingerprint density at radius 2 is 2.12 bits per heavy atom. The topological polar surface area (TPSA) is 39.5 Å². The third-order valence-electron chi connectivity index (χ3n) is 5.52. The highest BCUT2D eigenvalue weighted by atomic mass is 19.1. The molecule has 2 fully saturated rings. The molecule has 1 aromatic carbocycles. The number of nitriles is 1. The number of likely N-dealkylation sites (tertiary alicyclic amines) is 1. The van der Waals surface area contributed by atoms with Crippen LogP contribution in [-0.4, -0.2) is 55.2 Å². The van der Waals surface area contributed by atoms with Crippen LogP contribution in [0.2, 0.25) is 0 Å². The van der Waals surface area contributed by atoms with E-state index in [1.54, 1.807) is 12.1 Å². The van der Waals surface area contributed by atoms with E-state index in [1.807, 2.05) is 6.07 Å². The van der Waals surface area contributed by atoms with Gasteiger partial charge in [0.05, 0.1) is 11.2 Å². The molecule has 5 heteroatoms. The molecule has 0 bridgehead atoms. The highest BCUT2D eigenvalue weighted by Crippen LogP contribution is 2.36. The van der Waals surface area contributed by atoms with Crippen molar-refractivity contribution in [2.24, 2.45) is 0 Å². The summed E-state index contributed by atoms with van der Waals surface area (Å²) in [5.41, 5.74) is 1.16. The van der Waals surface area contributed by atoms with E-state index in [0.717, 1.165) is 57.5 Å². The Morgan fingerprint density at radius 1 is 1.38 bits per heavy atom. The van der Waals surface area contributed by atoms with E-state index in [-0.39, 0.29) is 11.2 Å². The predicted molar refractivity (Wildman–Crippen MR) is 91.0 cm³/mol. The van der Waals surface area contributed by atoms with Crippen LogP contribution in [0.5, 0.6) is 0 Å². The minimum atomic E-state index is -0.441. The second-order valence-electron chi connectivity index (χ2n) is 7.34. The number of ether oxygens (including phenoxy) is 1. The zero-order valence-electron chi connectivity index (χ0n) is 14.6. The summed E-state index contributed by atoms with van der Waals surface area (Å²) in [5, 5.41) is 8.96. The van der Waals surface area contributed by atoms with Crippen molar-refractivity contribution in [3.05, 3.63) is 35.1 Å². The van der Waals surface area contributed by atoms with Crippen LogP contribution in [0.4, 0.5) is 4.39 Å². The fourth-order valence-electron chi connectivity index (χ4n) is 3.92. The average Bonchev–Trinajstić information content (AvgIpc) is 2.59. The molecule has 4 nitrogen and oxygen atoms in total. The fraction of sp³-hybridized carbons (Fsp3) is 0.632. The molecule has 2 heterocycles. The number of halogens is 1. The van der Waals surface area contributed by atoms with Gasteiger partial charge in [-0.15, -0.1) is 0 Å². The summed E-state index contributed by atoms with van der Waals surface area (Å²) in [4.78, 5) is 4.70. The first kappa shape index (κ1) is 17.3. The van der Waals surface area contributed by atoms with Gasteiger partial charge in [0, 0.05) is 32.3 Å². The van der Waals surface area contributed by atoms with Crippen LogP contribution in [0, 0.1) is 17.1 Å². The molecule has 2 saturated heterocycles. The molecule has 1 atom stereocenters. The number of benzene rings is 1. The largest absolute Gasteiger partial charge is 0.375 e. The number of rotatable bonds is 3. The molecule has 1 unspecified atom stereocenters. The van der Waals surface area contributed by atoms with Gasteiger partial charge in [-0.3, -0.25) is 4.90 Å². The van der Waals surface area contributed by atoms with Crippen LogP contribution in [0.25, 0.3) is 0 Å². The Bertz CT molecular complexity index is 618. The lowest BCUT2D eigenvalue weighted by molar-refractivity contribution is -0.130. The van der Waals surface area contributed by atoms with E-state index >= 15 is 0 Å². The lowest BCUT2D eigenvalue weighted by atomic mass is 9.82. The Morgan fingerprint density at radius 3 is 2.79 bits per heavy atom. The Balaban J connectivity index is 1.58. The normalized spacial score (nSPS) is 24.2. The average molecular weight is 331 g/mol. The van der Waals surface area contributed by atoms with Gasteiger partial charge in [-0.05, 0) is 57.5 Å². The van der Waals surface area contributed by atoms with Gasteiger partial charge >= 0.3 is 0 Å². The summed E-state index contributed by atoms with van der Waals surface area (Å²) >= 11 is 0. The molecule has 0 saturated carbocycles. The molecule has 2 aliphatic rings. The van der Waals surface area contributed by atoms with Crippen molar-refractivity contribution in [2.75, 3.05) is 33.8 Å². The molecule has 0 radical (unpaired) electrons. The zero-order chi connectivity index (χ0) is 17.2. The van der Waals surface area contributed by atoms with Gasteiger partial charge in [0.1, 0.15) is 11.9 Å². The third kappa shape index (κ3) is 3.77. The third-order valence-corrected chi connectivity index (χ3v) is 5.52. The molecule has 1 aromatic rings. The van der Waals surface area contributed by atoms with Crippen LogP contribution >= 0.6 is 0 Å². The molecule has 24 heavy (non-hydrogen) atoms. The predicted octanol–water partition coefficient (Wildman–Crippen LogP) is 2.77. The van der Waals surface area contributed by atoms with Gasteiger partial charge in [0.25, 0.3) is 0 Å². The molecule has 3 rings (SSSR count). The van der Waals surface area contributed by atoms with E-state index in [0.29, 0.717) is 6.04 Å². The van der Waals surface area contributed by atoms with Crippen molar-refractivity contribution in [2.45, 2.75) is 43.9 Å². The maximum absolute atomic E-state index is 13.4. The molecule has 0 amide bonds. The minimum Gasteiger partial charge on any atom is -0.375 e. The molecular weight excluding hydrogens is 305 g/mol. The summed E-state index contributed by atoms with van der Waals surface area (Å²) in [6.07, 6.45) is 4.32. The van der Waals surface area contributed by atoms with Crippen molar-refractivity contribution in [1.29, 1.82) is 5.26 Å². The van der Waals surface area contributed by atoms with Crippen LogP contribution in [-0.2, 0) is 11.3 Å². The van der Waals surface area contributed by atoms with Crippen molar-refractivity contribution >= 4 is 0 Å². The lowest BCUT2D eigenvalue weighted by Crippen LogP contribution is -2.52. The number of nitrogens with zero attached hydrogens (tertiary/aromatic N) is 3. The SMILES string of the molecule is CN(C)C1CCOC2(CCN(Cc3ccc(F)c(C#N)c3)CC2)C1. The quantitative estimate of drug-likeness (QED) is 0.854. The van der Waals surface area contributed by atoms with Gasteiger partial charge in [-0.1, -0.05) is 6.07 Å². The van der Waals surface area contributed by atoms with Gasteiger partial charge in [-0.2, -0.15) is 5.26 Å². The highest BCUT2D eigenvalue weighted by Gasteiger charge is 2.40. The molecular formula is C19H26FN3O. The second-order valence-corrected chi connectivity index (χ2v) is 7.34. The van der Waals surface area contributed by atoms with Gasteiger partial charge in [0.15, 0.2) is 0 Å². The summed E-state index contributed by atoms with van der Waals surface area (Å²) in [6, 6.07) is 7.37. The maximum atomic E-state index is 13.4. The first-order valence-corrected chi connectivity index (χ1v) is 8.73. The van der Waals surface area contributed by atoms with Gasteiger partial charge < -0.3 is 9.64 Å². The number of hydrogen-bond acceptors (Lipinski definition) is 4. The molecule has 0 N–H and O–H groups in total. The van der Waals surface area contributed by atoms with Crippen LogP contribution in [0.1, 0.15) is 36.8 Å². The summed E-state index contributed by atoms with van der Waals surface area (Å²) in [6.45, 7) is 3.59. The molecule has 2 aliphatic heterocycles. The zero-order valence-corrected chi connectivity index (χ0v) is 14.6. The van der Waals surface area contributed by atoms with Crippen LogP contribution in [0.15, 0.2) is 18.2 Å². The van der Waals surface area contributed by atoms with E-state index in [1.165, 1.54) is 6.07 Å². The molecule has 0 aromatic heterocycles. The molecule has 130 valence electrons. The molecule has 0 aliphatic carbocycles. The van der Waals surface area contributed by atoms with Crippen molar-refractivity contribution in [3.8, 4) is 6.07 Å². The molecule has 1 spiro atoms. The number of piperidine rings is 1. The van der Waals surface area contributed by atoms with Gasteiger partial charge in [0.2, 0.25) is 0 Å². The maximum Gasteiger partial charge on any atom is 0.140 e. The fourth-order valence-corrected chi connectivity index (χ4v) is 3.92. The lowest BCUT2D eigenvalue weighted by Gasteiger charge is -2.47. The first-order chi connectivity index (χ1) is 11.5. The van der Waals surface area contributed by atoms with E-state index in [2.05, 4.69) is 23.9 Å². The van der Waals surface area contributed by atoms with E-state index in [9.17, 15) is 4.39 Å². The minimum absolute atomic E-state index is 0.0320. The smallest absolute Gasteiger partial charge is 0.140 e. The Labute approximate surface area is 143 Å². The second kappa shape index (κ2) is 7.18. The van der Waals surface area contributed by atoms with Gasteiger partial charge in [-0.25, -0.2) is 4.39 Å². The summed E-state index contributed by atoms with van der Waals surface area (Å²) in [7, 11) is 4.31. The Hall–Kier alpha value is -1.48.